The first-order valence-corrected chi connectivity index (χ1v) is 13.4. The molecular weight excluding hydrogens is 486 g/mol. The lowest BCUT2D eigenvalue weighted by Gasteiger charge is -2.41. The molecule has 1 aliphatic carbocycles. The molecule has 2 atom stereocenters. The molecule has 0 radical (unpaired) electrons. The van der Waals surface area contributed by atoms with E-state index in [-0.39, 0.29) is 42.3 Å². The van der Waals surface area contributed by atoms with Crippen molar-refractivity contribution >= 4 is 17.7 Å². The topological polar surface area (TPSA) is 97.4 Å². The maximum atomic E-state index is 13.3. The van der Waals surface area contributed by atoms with Gasteiger partial charge in [-0.3, -0.25) is 14.4 Å². The number of nitrogens with zero attached hydrogens (tertiary/aromatic N) is 2. The van der Waals surface area contributed by atoms with Gasteiger partial charge in [0.2, 0.25) is 11.8 Å². The Morgan fingerprint density at radius 3 is 2.71 bits per heavy atom. The highest BCUT2D eigenvalue weighted by Gasteiger charge is 2.37. The average molecular weight is 522 g/mol. The number of amides is 3. The molecule has 2 aromatic rings. The van der Waals surface area contributed by atoms with Gasteiger partial charge in [-0.2, -0.15) is 0 Å². The van der Waals surface area contributed by atoms with Crippen molar-refractivity contribution in [3.63, 3.8) is 0 Å². The number of likely N-dealkylation sites (tertiary alicyclic amines) is 1. The monoisotopic (exact) mass is 521 g/mol. The predicted molar refractivity (Wildman–Crippen MR) is 140 cm³/mol. The van der Waals surface area contributed by atoms with Crippen LogP contribution in [-0.4, -0.2) is 73.0 Å². The maximum absolute atomic E-state index is 13.3. The van der Waals surface area contributed by atoms with E-state index in [0.717, 1.165) is 24.8 Å². The summed E-state index contributed by atoms with van der Waals surface area (Å²) in [6.07, 6.45) is 3.32. The first kappa shape index (κ1) is 26.0. The third-order valence-corrected chi connectivity index (χ3v) is 7.43. The van der Waals surface area contributed by atoms with Gasteiger partial charge in [0.15, 0.2) is 0 Å². The number of carbonyl (C=O) groups is 3. The van der Waals surface area contributed by atoms with Crippen molar-refractivity contribution in [2.45, 2.75) is 51.4 Å². The Labute approximate surface area is 223 Å². The van der Waals surface area contributed by atoms with Crippen LogP contribution in [0.15, 0.2) is 42.5 Å². The zero-order valence-electron chi connectivity index (χ0n) is 22.0. The molecule has 202 valence electrons. The minimum Gasteiger partial charge on any atom is -0.494 e. The minimum atomic E-state index is -0.371. The molecule has 2 fully saturated rings. The molecule has 2 aromatic carbocycles. The molecule has 1 saturated carbocycles. The fraction of sp³-hybridized carbons (Fsp3) is 0.483. The Balaban J connectivity index is 1.42. The van der Waals surface area contributed by atoms with E-state index in [0.29, 0.717) is 55.5 Å². The van der Waals surface area contributed by atoms with E-state index in [4.69, 9.17) is 14.2 Å². The second-order valence-corrected chi connectivity index (χ2v) is 10.3. The highest BCUT2D eigenvalue weighted by molar-refractivity contribution is 5.97. The van der Waals surface area contributed by atoms with Gasteiger partial charge in [0.05, 0.1) is 31.9 Å². The van der Waals surface area contributed by atoms with Crippen molar-refractivity contribution in [3.8, 4) is 17.2 Å². The Morgan fingerprint density at radius 1 is 1.11 bits per heavy atom. The number of fused-ring (bicyclic) bond motifs is 5. The van der Waals surface area contributed by atoms with Crippen LogP contribution in [0.1, 0.15) is 48.5 Å². The van der Waals surface area contributed by atoms with Crippen LogP contribution in [0.3, 0.4) is 0 Å². The van der Waals surface area contributed by atoms with Crippen molar-refractivity contribution in [2.75, 3.05) is 33.3 Å². The number of hydrogen-bond acceptors (Lipinski definition) is 6. The lowest BCUT2D eigenvalue weighted by molar-refractivity contribution is -0.143. The molecule has 2 heterocycles. The van der Waals surface area contributed by atoms with Gasteiger partial charge in [0, 0.05) is 37.7 Å². The summed E-state index contributed by atoms with van der Waals surface area (Å²) >= 11 is 0. The molecule has 0 unspecified atom stereocenters. The molecule has 5 rings (SSSR count). The van der Waals surface area contributed by atoms with Crippen molar-refractivity contribution < 1.29 is 28.6 Å². The molecule has 1 saturated heterocycles. The standard InChI is InChI=1S/C29H35N3O6/c1-3-36-23-13-21-14-24(15-23)38-22-9-4-6-19(12-22)18-37-26-10-11-32(29(35)20-7-5-8-20)16-25(26)30-27(33)17-31(2)28(21)34/h4,6,9,12-15,20,25-26H,3,5,7-8,10-11,16-18H2,1-2H3,(H,30,33)/t25-,26+/m0/s1. The fourth-order valence-corrected chi connectivity index (χ4v) is 5.18. The van der Waals surface area contributed by atoms with E-state index in [2.05, 4.69) is 5.32 Å². The molecule has 3 amide bonds. The van der Waals surface area contributed by atoms with Gasteiger partial charge < -0.3 is 29.3 Å². The van der Waals surface area contributed by atoms with Gasteiger partial charge >= 0.3 is 0 Å². The number of carbonyl (C=O) groups excluding carboxylic acids is 3. The molecule has 3 aliphatic rings. The summed E-state index contributed by atoms with van der Waals surface area (Å²) < 4.78 is 18.1. The Bertz CT molecular complexity index is 1200. The molecule has 9 nitrogen and oxygen atoms in total. The van der Waals surface area contributed by atoms with E-state index < -0.39 is 0 Å². The number of hydrogen-bond donors (Lipinski definition) is 1. The van der Waals surface area contributed by atoms with Crippen LogP contribution in [0, 0.1) is 5.92 Å². The van der Waals surface area contributed by atoms with Crippen LogP contribution in [0.5, 0.6) is 17.2 Å². The molecule has 0 spiro atoms. The third kappa shape index (κ3) is 5.93. The number of nitrogens with one attached hydrogen (secondary N) is 1. The fourth-order valence-electron chi connectivity index (χ4n) is 5.18. The largest absolute Gasteiger partial charge is 0.494 e. The number of piperidine rings is 1. The van der Waals surface area contributed by atoms with Crippen molar-refractivity contribution in [1.29, 1.82) is 0 Å². The van der Waals surface area contributed by atoms with Crippen LogP contribution >= 0.6 is 0 Å². The van der Waals surface area contributed by atoms with Crippen molar-refractivity contribution in [3.05, 3.63) is 53.6 Å². The van der Waals surface area contributed by atoms with E-state index in [9.17, 15) is 14.4 Å². The highest BCUT2D eigenvalue weighted by atomic mass is 16.5. The van der Waals surface area contributed by atoms with Crippen LogP contribution < -0.4 is 14.8 Å². The lowest BCUT2D eigenvalue weighted by atomic mass is 9.83. The minimum absolute atomic E-state index is 0.0956. The van der Waals surface area contributed by atoms with Gasteiger partial charge in [-0.05, 0) is 56.0 Å². The number of ether oxygens (including phenoxy) is 3. The van der Waals surface area contributed by atoms with Crippen molar-refractivity contribution in [1.82, 2.24) is 15.1 Å². The molecule has 0 aromatic heterocycles. The Kier molecular flexibility index (Phi) is 7.83. The zero-order valence-corrected chi connectivity index (χ0v) is 22.0. The normalized spacial score (nSPS) is 22.6. The summed E-state index contributed by atoms with van der Waals surface area (Å²) in [6.45, 7) is 3.51. The quantitative estimate of drug-likeness (QED) is 0.665. The van der Waals surface area contributed by atoms with Crippen LogP contribution in [0.4, 0.5) is 0 Å². The summed E-state index contributed by atoms with van der Waals surface area (Å²) in [7, 11) is 1.59. The first-order valence-electron chi connectivity index (χ1n) is 13.4. The molecular formula is C29H35N3O6. The maximum Gasteiger partial charge on any atom is 0.254 e. The summed E-state index contributed by atoms with van der Waals surface area (Å²) in [6, 6.07) is 12.3. The second-order valence-electron chi connectivity index (χ2n) is 10.3. The SMILES string of the molecule is CCOc1cc2cc(c1)C(=O)N(C)CC(=O)N[C@H]1CN(C(=O)C3CCC3)CC[C@H]1OCc1cccc(c1)O2. The van der Waals surface area contributed by atoms with Gasteiger partial charge in [-0.1, -0.05) is 18.6 Å². The summed E-state index contributed by atoms with van der Waals surface area (Å²) in [4.78, 5) is 42.5. The number of benzene rings is 2. The Morgan fingerprint density at radius 2 is 1.95 bits per heavy atom. The zero-order chi connectivity index (χ0) is 26.6. The molecule has 38 heavy (non-hydrogen) atoms. The van der Waals surface area contributed by atoms with Gasteiger partial charge in [-0.25, -0.2) is 0 Å². The summed E-state index contributed by atoms with van der Waals surface area (Å²) in [5, 5.41) is 3.06. The molecule has 2 aliphatic heterocycles. The highest BCUT2D eigenvalue weighted by Crippen LogP contribution is 2.31. The summed E-state index contributed by atoms with van der Waals surface area (Å²) in [5.74, 6) is 1.22. The van der Waals surface area contributed by atoms with Crippen LogP contribution in [-0.2, 0) is 20.9 Å². The molecule has 1 N–H and O–H groups in total. The predicted octanol–water partition coefficient (Wildman–Crippen LogP) is 3.37. The third-order valence-electron chi connectivity index (χ3n) is 7.43. The molecule has 9 heteroatoms. The molecule has 4 bridgehead atoms. The average Bonchev–Trinajstić information content (AvgIpc) is 2.86. The number of likely N-dealkylation sites (N-methyl/N-ethyl adjacent to an activating group) is 1. The Hall–Kier alpha value is -3.59. The first-order chi connectivity index (χ1) is 18.4. The smallest absolute Gasteiger partial charge is 0.254 e. The van der Waals surface area contributed by atoms with E-state index in [1.807, 2.05) is 36.1 Å². The lowest BCUT2D eigenvalue weighted by Crippen LogP contribution is -2.59. The second kappa shape index (κ2) is 11.4. The van der Waals surface area contributed by atoms with Gasteiger partial charge in [-0.15, -0.1) is 0 Å². The van der Waals surface area contributed by atoms with Crippen LogP contribution in [0.25, 0.3) is 0 Å². The number of rotatable bonds is 3. The van der Waals surface area contributed by atoms with E-state index in [1.165, 1.54) is 4.90 Å². The van der Waals surface area contributed by atoms with Gasteiger partial charge in [0.1, 0.15) is 17.2 Å². The van der Waals surface area contributed by atoms with E-state index in [1.54, 1.807) is 25.2 Å². The van der Waals surface area contributed by atoms with E-state index >= 15 is 0 Å². The summed E-state index contributed by atoms with van der Waals surface area (Å²) in [5.41, 5.74) is 1.28. The van der Waals surface area contributed by atoms with Gasteiger partial charge in [0.25, 0.3) is 5.91 Å². The van der Waals surface area contributed by atoms with Crippen LogP contribution in [0.2, 0.25) is 0 Å². The van der Waals surface area contributed by atoms with Crippen molar-refractivity contribution in [2.24, 2.45) is 5.92 Å².